The van der Waals surface area contributed by atoms with Gasteiger partial charge in [0.25, 0.3) is 0 Å². The van der Waals surface area contributed by atoms with Gasteiger partial charge in [0.1, 0.15) is 6.33 Å². The number of hydrogen-bond donors (Lipinski definition) is 1. The lowest BCUT2D eigenvalue weighted by Gasteiger charge is -2.18. The van der Waals surface area contributed by atoms with Crippen molar-refractivity contribution in [2.75, 3.05) is 5.75 Å². The first-order chi connectivity index (χ1) is 14.6. The highest BCUT2D eigenvalue weighted by atomic mass is 35.5. The number of aryl methyl sites for hydroxylation is 1. The molecular formula is C22H19ClN4OS2. The summed E-state index contributed by atoms with van der Waals surface area (Å²) in [6, 6.07) is 19.6. The summed E-state index contributed by atoms with van der Waals surface area (Å²) in [5.74, 6) is 0.159. The Labute approximate surface area is 188 Å². The zero-order chi connectivity index (χ0) is 20.9. The fourth-order valence-electron chi connectivity index (χ4n) is 2.98. The maximum absolute atomic E-state index is 12.8. The first kappa shape index (κ1) is 20.7. The summed E-state index contributed by atoms with van der Waals surface area (Å²) in [4.78, 5) is 13.9. The predicted octanol–water partition coefficient (Wildman–Crippen LogP) is 5.29. The Morgan fingerprint density at radius 2 is 2.03 bits per heavy atom. The van der Waals surface area contributed by atoms with Gasteiger partial charge in [-0.3, -0.25) is 9.36 Å². The fourth-order valence-corrected chi connectivity index (χ4v) is 4.70. The number of halogens is 1. The van der Waals surface area contributed by atoms with E-state index in [0.29, 0.717) is 10.2 Å². The molecule has 0 unspecified atom stereocenters. The number of hydrogen-bond acceptors (Lipinski definition) is 5. The SMILES string of the molecule is Cc1ccc(-n2cnnc2SCC(=O)N[C@H](c2ccccc2)c2cccs2)cc1Cl. The second-order valence-corrected chi connectivity index (χ2v) is 8.96. The van der Waals surface area contributed by atoms with Crippen molar-refractivity contribution in [2.45, 2.75) is 18.1 Å². The van der Waals surface area contributed by atoms with Crippen molar-refractivity contribution >= 4 is 40.6 Å². The van der Waals surface area contributed by atoms with Gasteiger partial charge in [-0.2, -0.15) is 0 Å². The molecule has 1 N–H and O–H groups in total. The largest absolute Gasteiger partial charge is 0.344 e. The number of thiophene rings is 1. The molecule has 0 bridgehead atoms. The highest BCUT2D eigenvalue weighted by Gasteiger charge is 2.18. The van der Waals surface area contributed by atoms with Crippen LogP contribution >= 0.6 is 34.7 Å². The molecule has 4 aromatic rings. The highest BCUT2D eigenvalue weighted by molar-refractivity contribution is 7.99. The Kier molecular flexibility index (Phi) is 6.52. The van der Waals surface area contributed by atoms with Crippen LogP contribution in [0.15, 0.2) is 77.5 Å². The van der Waals surface area contributed by atoms with E-state index in [4.69, 9.17) is 11.6 Å². The predicted molar refractivity (Wildman–Crippen MR) is 123 cm³/mol. The Morgan fingerprint density at radius 3 is 2.77 bits per heavy atom. The van der Waals surface area contributed by atoms with E-state index < -0.39 is 0 Å². The Bertz CT molecular complexity index is 1130. The van der Waals surface area contributed by atoms with E-state index in [1.807, 2.05) is 77.5 Å². The first-order valence-corrected chi connectivity index (χ1v) is 11.5. The van der Waals surface area contributed by atoms with E-state index in [0.717, 1.165) is 21.7 Å². The lowest BCUT2D eigenvalue weighted by Crippen LogP contribution is -2.30. The van der Waals surface area contributed by atoms with Gasteiger partial charge >= 0.3 is 0 Å². The zero-order valence-electron chi connectivity index (χ0n) is 16.2. The summed E-state index contributed by atoms with van der Waals surface area (Å²) in [5.41, 5.74) is 2.91. The van der Waals surface area contributed by atoms with Crippen LogP contribution in [-0.4, -0.2) is 26.4 Å². The van der Waals surface area contributed by atoms with Gasteiger partial charge in [-0.15, -0.1) is 21.5 Å². The number of nitrogens with one attached hydrogen (secondary N) is 1. The van der Waals surface area contributed by atoms with Crippen molar-refractivity contribution < 1.29 is 4.79 Å². The molecule has 0 saturated carbocycles. The van der Waals surface area contributed by atoms with Crippen molar-refractivity contribution in [1.29, 1.82) is 0 Å². The maximum atomic E-state index is 12.8. The molecule has 0 spiro atoms. The number of benzene rings is 2. The van der Waals surface area contributed by atoms with Gasteiger partial charge in [0, 0.05) is 9.90 Å². The topological polar surface area (TPSA) is 59.8 Å². The number of carbonyl (C=O) groups is 1. The van der Waals surface area contributed by atoms with Crippen LogP contribution in [0, 0.1) is 6.92 Å². The summed E-state index contributed by atoms with van der Waals surface area (Å²) in [7, 11) is 0. The molecule has 4 rings (SSSR count). The van der Waals surface area contributed by atoms with E-state index >= 15 is 0 Å². The standard InChI is InChI=1S/C22H19ClN4OS2/c1-15-9-10-17(12-18(15)23)27-14-24-26-22(27)30-13-20(28)25-21(19-8-5-11-29-19)16-6-3-2-4-7-16/h2-12,14,21H,13H2,1H3,(H,25,28)/t21-/m1/s1. The van der Waals surface area contributed by atoms with Gasteiger partial charge in [-0.1, -0.05) is 65.8 Å². The first-order valence-electron chi connectivity index (χ1n) is 9.29. The number of thioether (sulfide) groups is 1. The number of carbonyl (C=O) groups excluding carboxylic acids is 1. The van der Waals surface area contributed by atoms with Crippen LogP contribution in [0.25, 0.3) is 5.69 Å². The van der Waals surface area contributed by atoms with Crippen LogP contribution in [-0.2, 0) is 4.79 Å². The number of aromatic nitrogens is 3. The fraction of sp³-hybridized carbons (Fsp3) is 0.136. The second kappa shape index (κ2) is 9.47. The average molecular weight is 455 g/mol. The molecule has 5 nitrogen and oxygen atoms in total. The number of rotatable bonds is 7. The van der Waals surface area contributed by atoms with Gasteiger partial charge in [0.05, 0.1) is 17.5 Å². The molecule has 0 aliphatic heterocycles. The third-order valence-corrected chi connectivity index (χ3v) is 6.84. The summed E-state index contributed by atoms with van der Waals surface area (Å²) in [6.45, 7) is 1.95. The van der Waals surface area contributed by atoms with Gasteiger partial charge < -0.3 is 5.32 Å². The van der Waals surface area contributed by atoms with Crippen LogP contribution in [0.4, 0.5) is 0 Å². The summed E-state index contributed by atoms with van der Waals surface area (Å²) >= 11 is 9.22. The summed E-state index contributed by atoms with van der Waals surface area (Å²) in [5, 5.41) is 14.6. The molecule has 8 heteroatoms. The minimum absolute atomic E-state index is 0.0706. The molecule has 1 amide bonds. The van der Waals surface area contributed by atoms with Crippen molar-refractivity contribution in [1.82, 2.24) is 20.1 Å². The van der Waals surface area contributed by atoms with Crippen molar-refractivity contribution in [2.24, 2.45) is 0 Å². The molecule has 30 heavy (non-hydrogen) atoms. The van der Waals surface area contributed by atoms with E-state index in [1.54, 1.807) is 17.7 Å². The number of amides is 1. The Balaban J connectivity index is 1.46. The van der Waals surface area contributed by atoms with E-state index in [-0.39, 0.29) is 17.7 Å². The quantitative estimate of drug-likeness (QED) is 0.385. The Morgan fingerprint density at radius 1 is 1.20 bits per heavy atom. The molecule has 0 fully saturated rings. The number of nitrogens with zero attached hydrogens (tertiary/aromatic N) is 3. The van der Waals surface area contributed by atoms with E-state index in [2.05, 4.69) is 15.5 Å². The Hall–Kier alpha value is -2.61. The molecule has 2 aromatic heterocycles. The molecular weight excluding hydrogens is 436 g/mol. The molecule has 0 aliphatic carbocycles. The molecule has 0 saturated heterocycles. The van der Waals surface area contributed by atoms with Crippen LogP contribution in [0.5, 0.6) is 0 Å². The second-order valence-electron chi connectivity index (χ2n) is 6.63. The molecule has 0 aliphatic rings. The van der Waals surface area contributed by atoms with E-state index in [9.17, 15) is 4.79 Å². The van der Waals surface area contributed by atoms with Gasteiger partial charge in [-0.25, -0.2) is 0 Å². The lowest BCUT2D eigenvalue weighted by atomic mass is 10.1. The summed E-state index contributed by atoms with van der Waals surface area (Å²) < 4.78 is 1.83. The highest BCUT2D eigenvalue weighted by Crippen LogP contribution is 2.27. The summed E-state index contributed by atoms with van der Waals surface area (Å²) in [6.07, 6.45) is 1.62. The molecule has 0 radical (unpaired) electrons. The van der Waals surface area contributed by atoms with Gasteiger partial charge in [0.2, 0.25) is 5.91 Å². The van der Waals surface area contributed by atoms with Crippen LogP contribution in [0.1, 0.15) is 22.0 Å². The van der Waals surface area contributed by atoms with Crippen LogP contribution < -0.4 is 5.32 Å². The molecule has 152 valence electrons. The minimum atomic E-state index is -0.173. The van der Waals surface area contributed by atoms with Crippen molar-refractivity contribution in [3.05, 3.63) is 93.4 Å². The maximum Gasteiger partial charge on any atom is 0.231 e. The van der Waals surface area contributed by atoms with Crippen molar-refractivity contribution in [3.63, 3.8) is 0 Å². The zero-order valence-corrected chi connectivity index (χ0v) is 18.5. The van der Waals surface area contributed by atoms with Crippen LogP contribution in [0.3, 0.4) is 0 Å². The molecule has 1 atom stereocenters. The lowest BCUT2D eigenvalue weighted by molar-refractivity contribution is -0.119. The third kappa shape index (κ3) is 4.75. The minimum Gasteiger partial charge on any atom is -0.344 e. The molecule has 2 aromatic carbocycles. The van der Waals surface area contributed by atoms with Gasteiger partial charge in [-0.05, 0) is 41.6 Å². The van der Waals surface area contributed by atoms with Crippen LogP contribution in [0.2, 0.25) is 5.02 Å². The van der Waals surface area contributed by atoms with E-state index in [1.165, 1.54) is 11.8 Å². The van der Waals surface area contributed by atoms with Gasteiger partial charge in [0.15, 0.2) is 5.16 Å². The monoisotopic (exact) mass is 454 g/mol. The van der Waals surface area contributed by atoms with Crippen molar-refractivity contribution in [3.8, 4) is 5.69 Å². The smallest absolute Gasteiger partial charge is 0.231 e. The normalized spacial score (nSPS) is 11.9. The third-order valence-electron chi connectivity index (χ3n) is 4.55. The molecule has 2 heterocycles. The average Bonchev–Trinajstić information content (AvgIpc) is 3.45.